The first-order chi connectivity index (χ1) is 18.0. The third-order valence-corrected chi connectivity index (χ3v) is 7.32. The van der Waals surface area contributed by atoms with Crippen LogP contribution in [0.4, 0.5) is 17.1 Å². The molecule has 4 rings (SSSR count). The molecule has 0 bridgehead atoms. The maximum Gasteiger partial charge on any atom is 1.00 e. The molecule has 196 valence electrons. The van der Waals surface area contributed by atoms with Crippen LogP contribution in [-0.4, -0.2) is 25.5 Å². The van der Waals surface area contributed by atoms with Gasteiger partial charge in [0.25, 0.3) is 16.0 Å². The van der Waals surface area contributed by atoms with Crippen molar-refractivity contribution >= 4 is 67.1 Å². The molecule has 9 nitrogen and oxygen atoms in total. The Morgan fingerprint density at radius 3 is 2.49 bits per heavy atom. The van der Waals surface area contributed by atoms with Crippen LogP contribution < -0.4 is 44.7 Å². The van der Waals surface area contributed by atoms with Gasteiger partial charge in [0.05, 0.1) is 23.7 Å². The van der Waals surface area contributed by atoms with Gasteiger partial charge in [0.15, 0.2) is 0 Å². The minimum absolute atomic E-state index is 0. The molecule has 0 saturated carbocycles. The summed E-state index contributed by atoms with van der Waals surface area (Å²) in [5.74, 6) is -1.06. The zero-order chi connectivity index (χ0) is 27.6. The van der Waals surface area contributed by atoms with Gasteiger partial charge in [0.1, 0.15) is 15.7 Å². The van der Waals surface area contributed by atoms with E-state index in [-0.39, 0.29) is 67.8 Å². The van der Waals surface area contributed by atoms with Crippen molar-refractivity contribution in [3.8, 4) is 11.5 Å². The molecule has 0 atom stereocenters. The zero-order valence-corrected chi connectivity index (χ0v) is 25.4. The van der Waals surface area contributed by atoms with E-state index in [0.717, 1.165) is 6.07 Å². The minimum Gasteiger partial charge on any atom is -0.870 e. The normalized spacial score (nSPS) is 11.4. The molecular formula is C26H20Cl2N3NaO6S. The Bertz CT molecular complexity index is 1710. The quantitative estimate of drug-likeness (QED) is 0.189. The molecule has 0 aliphatic heterocycles. The fraction of sp³-hybridized carbons (Fsp3) is 0.115. The van der Waals surface area contributed by atoms with E-state index in [9.17, 15) is 22.9 Å². The largest absolute Gasteiger partial charge is 1.00 e. The summed E-state index contributed by atoms with van der Waals surface area (Å²) in [5.41, 5.74) is 0.00824. The third-order valence-electron chi connectivity index (χ3n) is 5.56. The number of fused-ring (bicyclic) bond motifs is 1. The average Bonchev–Trinajstić information content (AvgIpc) is 2.86. The monoisotopic (exact) mass is 595 g/mol. The molecule has 0 fully saturated rings. The van der Waals surface area contributed by atoms with Crippen LogP contribution in [0.25, 0.3) is 10.8 Å². The number of nitrogens with one attached hydrogen (secondary N) is 1. The SMILES string of the molecule is CCOc1cccc(NC(=O)c2cc3ccccc3c(N=Nc3cc(Cl)c(C)c(S(=O)(=O)O)c3)c2[O-])c1Cl.[Na+]. The molecule has 0 unspecified atom stereocenters. The Hall–Kier alpha value is -2.70. The summed E-state index contributed by atoms with van der Waals surface area (Å²) in [6.07, 6.45) is 0. The first-order valence-electron chi connectivity index (χ1n) is 11.2. The molecule has 0 spiro atoms. The van der Waals surface area contributed by atoms with E-state index >= 15 is 0 Å². The third kappa shape index (κ3) is 6.72. The second-order valence-electron chi connectivity index (χ2n) is 8.05. The summed E-state index contributed by atoms with van der Waals surface area (Å²) in [7, 11) is -4.58. The van der Waals surface area contributed by atoms with E-state index in [1.807, 2.05) is 0 Å². The minimum atomic E-state index is -4.58. The number of anilines is 1. The van der Waals surface area contributed by atoms with E-state index in [4.69, 9.17) is 27.9 Å². The Morgan fingerprint density at radius 2 is 1.79 bits per heavy atom. The Labute approximate surface area is 256 Å². The molecule has 0 aliphatic carbocycles. The number of carbonyl (C=O) groups is 1. The van der Waals surface area contributed by atoms with Crippen LogP contribution >= 0.6 is 23.2 Å². The van der Waals surface area contributed by atoms with Crippen molar-refractivity contribution in [2.24, 2.45) is 10.2 Å². The van der Waals surface area contributed by atoms with E-state index in [2.05, 4.69) is 15.5 Å². The van der Waals surface area contributed by atoms with Gasteiger partial charge in [-0.2, -0.15) is 18.6 Å². The molecule has 4 aromatic carbocycles. The Balaban J connectivity index is 0.00000420. The number of ether oxygens (including phenoxy) is 1. The molecule has 0 aliphatic rings. The second kappa shape index (κ2) is 12.6. The van der Waals surface area contributed by atoms with Crippen molar-refractivity contribution in [1.82, 2.24) is 0 Å². The van der Waals surface area contributed by atoms with Gasteiger partial charge in [0, 0.05) is 16.0 Å². The van der Waals surface area contributed by atoms with Crippen molar-refractivity contribution in [1.29, 1.82) is 0 Å². The number of nitrogens with zero attached hydrogens (tertiary/aromatic N) is 2. The number of rotatable bonds is 7. The van der Waals surface area contributed by atoms with Crippen LogP contribution in [0.2, 0.25) is 10.0 Å². The van der Waals surface area contributed by atoms with Crippen molar-refractivity contribution in [2.75, 3.05) is 11.9 Å². The van der Waals surface area contributed by atoms with Crippen LogP contribution in [0.3, 0.4) is 0 Å². The van der Waals surface area contributed by atoms with Gasteiger partial charge >= 0.3 is 29.6 Å². The average molecular weight is 596 g/mol. The van der Waals surface area contributed by atoms with E-state index < -0.39 is 26.7 Å². The number of hydrogen-bond donors (Lipinski definition) is 2. The number of halogens is 2. The van der Waals surface area contributed by atoms with Gasteiger partial charge in [-0.3, -0.25) is 9.35 Å². The number of amides is 1. The molecule has 0 aromatic heterocycles. The van der Waals surface area contributed by atoms with Gasteiger partial charge in [-0.25, -0.2) is 0 Å². The van der Waals surface area contributed by atoms with Crippen LogP contribution in [0.1, 0.15) is 22.8 Å². The summed E-state index contributed by atoms with van der Waals surface area (Å²) in [5, 5.41) is 25.3. The van der Waals surface area contributed by atoms with Crippen LogP contribution in [0, 0.1) is 6.92 Å². The predicted octanol–water partition coefficient (Wildman–Crippen LogP) is 3.85. The molecular weight excluding hydrogens is 576 g/mol. The van der Waals surface area contributed by atoms with Crippen LogP contribution in [0.5, 0.6) is 11.5 Å². The molecule has 0 heterocycles. The number of benzene rings is 4. The van der Waals surface area contributed by atoms with Crippen molar-refractivity contribution in [3.05, 3.63) is 81.8 Å². The van der Waals surface area contributed by atoms with E-state index in [1.165, 1.54) is 19.1 Å². The standard InChI is InChI=1S/C26H21Cl2N3O6S.Na/c1-3-37-21-10-6-9-20(23(21)28)29-26(33)18-11-15-7-4-5-8-17(15)24(25(18)32)31-30-16-12-19(27)14(2)22(13-16)38(34,35)36;/h4-13,32H,3H2,1-2H3,(H,29,33)(H,34,35,36);/q;+1/p-1. The molecule has 0 saturated heterocycles. The molecule has 4 aromatic rings. The second-order valence-corrected chi connectivity index (χ2v) is 10.2. The van der Waals surface area contributed by atoms with Gasteiger partial charge in [-0.05, 0) is 55.1 Å². The zero-order valence-electron chi connectivity index (χ0n) is 21.0. The number of hydrogen-bond acceptors (Lipinski definition) is 7. The smallest absolute Gasteiger partial charge is 0.870 e. The van der Waals surface area contributed by atoms with Crippen molar-refractivity contribution in [2.45, 2.75) is 18.7 Å². The fourth-order valence-electron chi connectivity index (χ4n) is 3.71. The number of azo groups is 1. The predicted molar refractivity (Wildman–Crippen MR) is 144 cm³/mol. The van der Waals surface area contributed by atoms with Crippen molar-refractivity contribution < 1.29 is 57.2 Å². The van der Waals surface area contributed by atoms with E-state index in [1.54, 1.807) is 49.4 Å². The molecule has 2 N–H and O–H groups in total. The van der Waals surface area contributed by atoms with E-state index in [0.29, 0.717) is 23.1 Å². The molecule has 1 amide bonds. The topological polar surface area (TPSA) is 140 Å². The summed E-state index contributed by atoms with van der Waals surface area (Å²) < 4.78 is 38.4. The Kier molecular flexibility index (Phi) is 10.0. The summed E-state index contributed by atoms with van der Waals surface area (Å²) in [6.45, 7) is 3.59. The molecule has 13 heteroatoms. The first-order valence-corrected chi connectivity index (χ1v) is 13.4. The summed E-state index contributed by atoms with van der Waals surface area (Å²) in [4.78, 5) is 12.7. The van der Waals surface area contributed by atoms with Gasteiger partial charge in [0.2, 0.25) is 0 Å². The van der Waals surface area contributed by atoms with Gasteiger partial charge in [-0.15, -0.1) is 0 Å². The number of carbonyl (C=O) groups excluding carboxylic acids is 1. The van der Waals surface area contributed by atoms with Crippen molar-refractivity contribution in [3.63, 3.8) is 0 Å². The fourth-order valence-corrected chi connectivity index (χ4v) is 4.98. The maximum atomic E-state index is 13.4. The van der Waals surface area contributed by atoms with Gasteiger partial charge < -0.3 is 15.2 Å². The summed E-state index contributed by atoms with van der Waals surface area (Å²) >= 11 is 12.5. The van der Waals surface area contributed by atoms with Crippen LogP contribution in [-0.2, 0) is 10.1 Å². The molecule has 0 radical (unpaired) electrons. The first kappa shape index (κ1) is 30.8. The van der Waals surface area contributed by atoms with Crippen LogP contribution in [0.15, 0.2) is 75.8 Å². The van der Waals surface area contributed by atoms with Gasteiger partial charge in [-0.1, -0.05) is 59.3 Å². The molecule has 39 heavy (non-hydrogen) atoms. The maximum absolute atomic E-state index is 13.4. The summed E-state index contributed by atoms with van der Waals surface area (Å²) in [6, 6.07) is 15.5. The Morgan fingerprint density at radius 1 is 1.08 bits per heavy atom.